The number of rotatable bonds is 3. The van der Waals surface area contributed by atoms with Crippen LogP contribution in [0.25, 0.3) is 11.4 Å². The van der Waals surface area contributed by atoms with Crippen molar-refractivity contribution in [1.29, 1.82) is 0 Å². The topological polar surface area (TPSA) is 112 Å². The van der Waals surface area contributed by atoms with Gasteiger partial charge in [0.1, 0.15) is 0 Å². The first kappa shape index (κ1) is 14.5. The van der Waals surface area contributed by atoms with E-state index in [1.165, 1.54) is 24.5 Å². The molecule has 2 rings (SSSR count). The molecule has 0 atom stereocenters. The summed E-state index contributed by atoms with van der Waals surface area (Å²) >= 11 is 6.13. The van der Waals surface area contributed by atoms with Gasteiger partial charge in [-0.2, -0.15) is 0 Å². The summed E-state index contributed by atoms with van der Waals surface area (Å²) in [6.45, 7) is 0. The van der Waals surface area contributed by atoms with E-state index in [-0.39, 0.29) is 22.8 Å². The van der Waals surface area contributed by atoms with Crippen LogP contribution in [0, 0.1) is 20.2 Å². The van der Waals surface area contributed by atoms with E-state index in [1.807, 2.05) is 0 Å². The van der Waals surface area contributed by atoms with Crippen LogP contribution in [0.2, 0.25) is 0 Å². The Bertz CT molecular complexity index is 661. The molecule has 10 heteroatoms. The lowest BCUT2D eigenvalue weighted by Crippen LogP contribution is -2.00. The fourth-order valence-electron chi connectivity index (χ4n) is 1.50. The Balaban J connectivity index is 2.75. The molecule has 0 N–H and O–H groups in total. The number of halogens is 2. The van der Waals surface area contributed by atoms with E-state index in [0.717, 1.165) is 0 Å². The van der Waals surface area contributed by atoms with E-state index in [9.17, 15) is 20.2 Å². The van der Waals surface area contributed by atoms with Gasteiger partial charge in [-0.15, -0.1) is 0 Å². The van der Waals surface area contributed by atoms with Crippen molar-refractivity contribution in [2.24, 2.45) is 0 Å². The van der Waals surface area contributed by atoms with E-state index in [4.69, 9.17) is 0 Å². The molecule has 0 aliphatic carbocycles. The summed E-state index contributed by atoms with van der Waals surface area (Å²) in [6.07, 6.45) is 2.63. The molecule has 0 radical (unpaired) electrons. The van der Waals surface area contributed by atoms with Gasteiger partial charge in [0.25, 0.3) is 11.4 Å². The molecule has 2 aromatic rings. The number of aromatic nitrogens is 2. The van der Waals surface area contributed by atoms with Crippen molar-refractivity contribution in [3.63, 3.8) is 0 Å². The molecule has 0 spiro atoms. The van der Waals surface area contributed by atoms with Gasteiger partial charge >= 0.3 is 0 Å². The third kappa shape index (κ3) is 2.80. The van der Waals surface area contributed by atoms with Crippen LogP contribution in [0.1, 0.15) is 0 Å². The van der Waals surface area contributed by atoms with Gasteiger partial charge in [0.05, 0.1) is 9.85 Å². The predicted octanol–water partition coefficient (Wildman–Crippen LogP) is 3.49. The molecule has 8 nitrogen and oxygen atoms in total. The van der Waals surface area contributed by atoms with Crippen molar-refractivity contribution in [2.75, 3.05) is 0 Å². The summed E-state index contributed by atoms with van der Waals surface area (Å²) in [5, 5.41) is 22.1. The highest BCUT2D eigenvalue weighted by atomic mass is 79.9. The molecule has 0 saturated carbocycles. The molecule has 20 heavy (non-hydrogen) atoms. The van der Waals surface area contributed by atoms with Gasteiger partial charge in [0, 0.05) is 33.5 Å². The highest BCUT2D eigenvalue weighted by Gasteiger charge is 2.26. The number of pyridine rings is 2. The average molecular weight is 404 g/mol. The second-order valence-electron chi connectivity index (χ2n) is 3.56. The first-order valence-corrected chi connectivity index (χ1v) is 6.59. The summed E-state index contributed by atoms with van der Waals surface area (Å²) in [6, 6.07) is 2.44. The lowest BCUT2D eigenvalue weighted by atomic mass is 10.2. The van der Waals surface area contributed by atoms with Crippen molar-refractivity contribution in [3.8, 4) is 11.4 Å². The van der Waals surface area contributed by atoms with Gasteiger partial charge in [-0.05, 0) is 31.9 Å². The van der Waals surface area contributed by atoms with Crippen molar-refractivity contribution >= 4 is 43.2 Å². The number of hydrogen-bond acceptors (Lipinski definition) is 6. The van der Waals surface area contributed by atoms with E-state index in [1.54, 1.807) is 0 Å². The molecule has 2 heterocycles. The zero-order valence-electron chi connectivity index (χ0n) is 9.49. The average Bonchev–Trinajstić information content (AvgIpc) is 2.38. The third-order valence-corrected chi connectivity index (χ3v) is 3.15. The summed E-state index contributed by atoms with van der Waals surface area (Å²) in [5.41, 5.74) is -1.04. The second-order valence-corrected chi connectivity index (χ2v) is 5.39. The third-order valence-electron chi connectivity index (χ3n) is 2.29. The van der Waals surface area contributed by atoms with Crippen LogP contribution in [-0.4, -0.2) is 19.8 Å². The summed E-state index contributed by atoms with van der Waals surface area (Å²) in [5.74, 6) is 0. The minimum Gasteiger partial charge on any atom is -0.258 e. The van der Waals surface area contributed by atoms with Crippen LogP contribution >= 0.6 is 31.9 Å². The Kier molecular flexibility index (Phi) is 4.04. The van der Waals surface area contributed by atoms with E-state index < -0.39 is 9.85 Å². The number of nitro groups is 2. The van der Waals surface area contributed by atoms with Gasteiger partial charge in [-0.3, -0.25) is 20.2 Å². The zero-order valence-corrected chi connectivity index (χ0v) is 12.7. The molecule has 0 unspecified atom stereocenters. The molecule has 102 valence electrons. The van der Waals surface area contributed by atoms with Crippen LogP contribution in [0.15, 0.2) is 33.5 Å². The molecule has 0 aliphatic heterocycles. The van der Waals surface area contributed by atoms with Crippen LogP contribution < -0.4 is 0 Å². The van der Waals surface area contributed by atoms with Gasteiger partial charge in [0.2, 0.25) is 0 Å². The van der Waals surface area contributed by atoms with Gasteiger partial charge in [-0.1, -0.05) is 0 Å². The van der Waals surface area contributed by atoms with Crippen molar-refractivity contribution < 1.29 is 9.85 Å². The number of hydrogen-bond donors (Lipinski definition) is 0. The van der Waals surface area contributed by atoms with Gasteiger partial charge in [0.15, 0.2) is 11.4 Å². The summed E-state index contributed by atoms with van der Waals surface area (Å²) in [4.78, 5) is 28.5. The van der Waals surface area contributed by atoms with E-state index in [0.29, 0.717) is 8.95 Å². The lowest BCUT2D eigenvalue weighted by molar-refractivity contribution is -0.386. The molecule has 2 aromatic heterocycles. The predicted molar refractivity (Wildman–Crippen MR) is 76.2 cm³/mol. The fourth-order valence-corrected chi connectivity index (χ4v) is 2.14. The highest BCUT2D eigenvalue weighted by Crippen LogP contribution is 2.35. The largest absolute Gasteiger partial charge is 0.298 e. The smallest absolute Gasteiger partial charge is 0.258 e. The number of nitrogens with zero attached hydrogens (tertiary/aromatic N) is 4. The first-order valence-electron chi connectivity index (χ1n) is 5.00. The quantitative estimate of drug-likeness (QED) is 0.572. The van der Waals surface area contributed by atoms with Gasteiger partial charge in [-0.25, -0.2) is 9.97 Å². The molecule has 0 aliphatic rings. The maximum Gasteiger partial charge on any atom is 0.298 e. The SMILES string of the molecule is O=[N+]([O-])c1cc(Br)cnc1-c1ncc(Br)cc1[N+](=O)[O-]. The van der Waals surface area contributed by atoms with Crippen molar-refractivity contribution in [1.82, 2.24) is 9.97 Å². The fraction of sp³-hybridized carbons (Fsp3) is 0. The molecule has 0 fully saturated rings. The molecular weight excluding hydrogens is 400 g/mol. The molecular formula is C10H4Br2N4O4. The summed E-state index contributed by atoms with van der Waals surface area (Å²) < 4.78 is 0.792. The summed E-state index contributed by atoms with van der Waals surface area (Å²) in [7, 11) is 0. The minimum absolute atomic E-state index is 0.155. The molecule has 0 aromatic carbocycles. The Morgan fingerprint density at radius 2 is 1.20 bits per heavy atom. The maximum atomic E-state index is 11.0. The van der Waals surface area contributed by atoms with E-state index >= 15 is 0 Å². The van der Waals surface area contributed by atoms with Crippen LogP contribution in [0.4, 0.5) is 11.4 Å². The Hall–Kier alpha value is -1.94. The normalized spacial score (nSPS) is 10.3. The van der Waals surface area contributed by atoms with Gasteiger partial charge < -0.3 is 0 Å². The van der Waals surface area contributed by atoms with E-state index in [2.05, 4.69) is 41.8 Å². The molecule has 0 saturated heterocycles. The van der Waals surface area contributed by atoms with Crippen molar-refractivity contribution in [3.05, 3.63) is 53.7 Å². The van der Waals surface area contributed by atoms with Crippen LogP contribution in [0.3, 0.4) is 0 Å². The maximum absolute atomic E-state index is 11.0. The molecule has 0 amide bonds. The first-order chi connectivity index (χ1) is 9.40. The standard InChI is InChI=1S/C10H4Br2N4O4/c11-5-1-7(15(17)18)9(13-3-5)10-8(16(19)20)2-6(12)4-14-10/h1-4H. The second kappa shape index (κ2) is 5.59. The Morgan fingerprint density at radius 1 is 0.850 bits per heavy atom. The monoisotopic (exact) mass is 402 g/mol. The minimum atomic E-state index is -0.666. The Labute approximate surface area is 128 Å². The Morgan fingerprint density at radius 3 is 1.50 bits per heavy atom. The van der Waals surface area contributed by atoms with Crippen LogP contribution in [0.5, 0.6) is 0 Å². The van der Waals surface area contributed by atoms with Crippen LogP contribution in [-0.2, 0) is 0 Å². The van der Waals surface area contributed by atoms with Crippen molar-refractivity contribution in [2.45, 2.75) is 0 Å². The lowest BCUT2D eigenvalue weighted by Gasteiger charge is -2.03. The highest BCUT2D eigenvalue weighted by molar-refractivity contribution is 9.10. The molecule has 0 bridgehead atoms. The zero-order chi connectivity index (χ0) is 14.9.